The highest BCUT2D eigenvalue weighted by atomic mass is 32.2. The molecule has 1 heterocycles. The number of carbonyl (C=O) groups excluding carboxylic acids is 1. The van der Waals surface area contributed by atoms with E-state index in [1.54, 1.807) is 28.6 Å². The number of ether oxygens (including phenoxy) is 1. The number of methoxy groups -OCH3 is 1. The molecule has 0 N–H and O–H groups in total. The highest BCUT2D eigenvalue weighted by Gasteiger charge is 2.59. The number of fused-ring (bicyclic) bond motifs is 2. The van der Waals surface area contributed by atoms with Gasteiger partial charge in [0.05, 0.1) is 12.0 Å². The van der Waals surface area contributed by atoms with Crippen LogP contribution in [0.2, 0.25) is 0 Å². The second-order valence-corrected chi connectivity index (χ2v) is 10.4. The zero-order valence-electron chi connectivity index (χ0n) is 15.4. The van der Waals surface area contributed by atoms with Gasteiger partial charge in [-0.1, -0.05) is 32.9 Å². The summed E-state index contributed by atoms with van der Waals surface area (Å²) in [7, 11) is -2.12. The summed E-state index contributed by atoms with van der Waals surface area (Å²) in [6, 6.07) is 6.96. The predicted molar refractivity (Wildman–Crippen MR) is 95.6 cm³/mol. The summed E-state index contributed by atoms with van der Waals surface area (Å²) in [5, 5.41) is 0. The maximum Gasteiger partial charge on any atom is 0.305 e. The van der Waals surface area contributed by atoms with Crippen molar-refractivity contribution >= 4 is 16.0 Å². The van der Waals surface area contributed by atoms with Crippen molar-refractivity contribution in [2.75, 3.05) is 13.7 Å². The summed E-state index contributed by atoms with van der Waals surface area (Å²) >= 11 is 0. The molecule has 1 aliphatic carbocycles. The van der Waals surface area contributed by atoms with Crippen LogP contribution in [0.1, 0.15) is 45.6 Å². The van der Waals surface area contributed by atoms with E-state index in [0.29, 0.717) is 24.3 Å². The second kappa shape index (κ2) is 6.09. The summed E-state index contributed by atoms with van der Waals surface area (Å²) in [5.74, 6) is -0.264. The lowest BCUT2D eigenvalue weighted by Crippen LogP contribution is -2.47. The SMILES string of the molecule is COC(=O)CCc1ccc(S(=O)(=O)N2CC3(C)CC2C(C)(C)C3)cc1. The summed E-state index contributed by atoms with van der Waals surface area (Å²) in [5.41, 5.74) is 1.03. The van der Waals surface area contributed by atoms with Crippen LogP contribution < -0.4 is 0 Å². The lowest BCUT2D eigenvalue weighted by Gasteiger charge is -2.40. The van der Waals surface area contributed by atoms with Crippen molar-refractivity contribution in [3.63, 3.8) is 0 Å². The first-order valence-electron chi connectivity index (χ1n) is 8.75. The van der Waals surface area contributed by atoms with E-state index >= 15 is 0 Å². The topological polar surface area (TPSA) is 63.7 Å². The molecule has 2 fully saturated rings. The van der Waals surface area contributed by atoms with Crippen LogP contribution >= 0.6 is 0 Å². The molecule has 1 aromatic rings. The van der Waals surface area contributed by atoms with Crippen LogP contribution in [0.5, 0.6) is 0 Å². The van der Waals surface area contributed by atoms with Gasteiger partial charge in [-0.05, 0) is 47.8 Å². The number of hydrogen-bond donors (Lipinski definition) is 0. The molecule has 5 nitrogen and oxygen atoms in total. The molecule has 0 amide bonds. The van der Waals surface area contributed by atoms with Gasteiger partial charge in [0.15, 0.2) is 0 Å². The Bertz CT molecular complexity index is 766. The average Bonchev–Trinajstić information content (AvgIpc) is 3.02. The number of nitrogens with zero attached hydrogens (tertiary/aromatic N) is 1. The molecule has 138 valence electrons. The molecule has 2 atom stereocenters. The van der Waals surface area contributed by atoms with Crippen molar-refractivity contribution in [3.05, 3.63) is 29.8 Å². The minimum atomic E-state index is -3.49. The molecule has 25 heavy (non-hydrogen) atoms. The van der Waals surface area contributed by atoms with Crippen LogP contribution in [0.4, 0.5) is 0 Å². The van der Waals surface area contributed by atoms with Crippen LogP contribution in [-0.4, -0.2) is 38.4 Å². The van der Waals surface area contributed by atoms with Gasteiger partial charge in [0.25, 0.3) is 0 Å². The van der Waals surface area contributed by atoms with Gasteiger partial charge in [-0.25, -0.2) is 8.42 Å². The first-order valence-corrected chi connectivity index (χ1v) is 10.2. The first-order chi connectivity index (χ1) is 11.6. The van der Waals surface area contributed by atoms with Crippen molar-refractivity contribution in [1.82, 2.24) is 4.31 Å². The number of benzene rings is 1. The summed E-state index contributed by atoms with van der Waals surface area (Å²) in [6.07, 6.45) is 2.85. The van der Waals surface area contributed by atoms with Crippen molar-refractivity contribution in [3.8, 4) is 0 Å². The minimum absolute atomic E-state index is 0.0144. The van der Waals surface area contributed by atoms with Crippen LogP contribution in [-0.2, 0) is 26.0 Å². The Morgan fingerprint density at radius 3 is 2.40 bits per heavy atom. The molecule has 0 radical (unpaired) electrons. The Hall–Kier alpha value is -1.40. The normalized spacial score (nSPS) is 28.2. The molecule has 0 aromatic heterocycles. The minimum Gasteiger partial charge on any atom is -0.469 e. The van der Waals surface area contributed by atoms with Crippen molar-refractivity contribution in [1.29, 1.82) is 0 Å². The fourth-order valence-corrected chi connectivity index (χ4v) is 6.62. The van der Waals surface area contributed by atoms with Crippen LogP contribution in [0.3, 0.4) is 0 Å². The van der Waals surface area contributed by atoms with E-state index in [1.807, 2.05) is 0 Å². The predicted octanol–water partition coefficient (Wildman–Crippen LogP) is 2.99. The highest BCUT2D eigenvalue weighted by molar-refractivity contribution is 7.89. The van der Waals surface area contributed by atoms with E-state index < -0.39 is 10.0 Å². The van der Waals surface area contributed by atoms with Gasteiger partial charge >= 0.3 is 5.97 Å². The van der Waals surface area contributed by atoms with Crippen molar-refractivity contribution in [2.45, 2.75) is 57.4 Å². The van der Waals surface area contributed by atoms with Gasteiger partial charge in [0.1, 0.15) is 0 Å². The molecule has 2 unspecified atom stereocenters. The second-order valence-electron chi connectivity index (χ2n) is 8.47. The molecule has 1 saturated carbocycles. The standard InChI is InChI=1S/C19H27NO4S/c1-18(2)12-19(3)11-16(18)20(13-19)25(22,23)15-8-5-14(6-9-15)7-10-17(21)24-4/h5-6,8-9,16H,7,10-13H2,1-4H3. The number of hydrogen-bond acceptors (Lipinski definition) is 4. The molecule has 2 bridgehead atoms. The summed E-state index contributed by atoms with van der Waals surface area (Å²) < 4.78 is 32.6. The largest absolute Gasteiger partial charge is 0.469 e. The summed E-state index contributed by atoms with van der Waals surface area (Å²) in [6.45, 7) is 7.13. The van der Waals surface area contributed by atoms with Crippen molar-refractivity contribution < 1.29 is 17.9 Å². The van der Waals surface area contributed by atoms with Crippen LogP contribution in [0.25, 0.3) is 0 Å². The third kappa shape index (κ3) is 3.34. The lowest BCUT2D eigenvalue weighted by molar-refractivity contribution is -0.140. The van der Waals surface area contributed by atoms with Crippen molar-refractivity contribution in [2.24, 2.45) is 10.8 Å². The van der Waals surface area contributed by atoms with Gasteiger partial charge < -0.3 is 4.74 Å². The van der Waals surface area contributed by atoms with E-state index in [-0.39, 0.29) is 22.8 Å². The number of piperidine rings is 1. The monoisotopic (exact) mass is 365 g/mol. The van der Waals surface area contributed by atoms with E-state index in [9.17, 15) is 13.2 Å². The number of sulfonamides is 1. The van der Waals surface area contributed by atoms with E-state index in [2.05, 4.69) is 25.5 Å². The Balaban J connectivity index is 1.78. The molecule has 0 spiro atoms. The number of carbonyl (C=O) groups is 1. The van der Waals surface area contributed by atoms with Gasteiger partial charge in [0.2, 0.25) is 10.0 Å². The Labute approximate surface area is 150 Å². The zero-order valence-corrected chi connectivity index (χ0v) is 16.2. The average molecular weight is 365 g/mol. The maximum absolute atomic E-state index is 13.1. The fourth-order valence-electron chi connectivity index (χ4n) is 4.70. The van der Waals surface area contributed by atoms with E-state index in [1.165, 1.54) is 7.11 Å². The third-order valence-electron chi connectivity index (χ3n) is 5.73. The van der Waals surface area contributed by atoms with Gasteiger partial charge in [-0.2, -0.15) is 4.31 Å². The maximum atomic E-state index is 13.1. The fraction of sp³-hybridized carbons (Fsp3) is 0.632. The quantitative estimate of drug-likeness (QED) is 0.753. The van der Waals surface area contributed by atoms with Crippen LogP contribution in [0.15, 0.2) is 29.2 Å². The summed E-state index contributed by atoms with van der Waals surface area (Å²) in [4.78, 5) is 11.6. The lowest BCUT2D eigenvalue weighted by atomic mass is 9.80. The molecule has 1 aromatic carbocycles. The molecule has 3 rings (SSSR count). The number of esters is 1. The smallest absolute Gasteiger partial charge is 0.305 e. The highest BCUT2D eigenvalue weighted by Crippen LogP contribution is 2.57. The molecular weight excluding hydrogens is 338 g/mol. The molecule has 6 heteroatoms. The Morgan fingerprint density at radius 1 is 1.24 bits per heavy atom. The van der Waals surface area contributed by atoms with Gasteiger partial charge in [-0.15, -0.1) is 0 Å². The van der Waals surface area contributed by atoms with E-state index in [0.717, 1.165) is 18.4 Å². The Kier molecular flexibility index (Phi) is 4.48. The first kappa shape index (κ1) is 18.4. The number of aryl methyl sites for hydroxylation is 1. The number of rotatable bonds is 5. The molecule has 2 aliphatic rings. The van der Waals surface area contributed by atoms with E-state index in [4.69, 9.17) is 0 Å². The van der Waals surface area contributed by atoms with Gasteiger partial charge in [0, 0.05) is 19.0 Å². The third-order valence-corrected chi connectivity index (χ3v) is 7.60. The Morgan fingerprint density at radius 2 is 1.88 bits per heavy atom. The van der Waals surface area contributed by atoms with Gasteiger partial charge in [-0.3, -0.25) is 4.79 Å². The van der Waals surface area contributed by atoms with Crippen LogP contribution in [0, 0.1) is 10.8 Å². The molecule has 1 aliphatic heterocycles. The zero-order chi connectivity index (χ0) is 18.5. The molecular formula is C19H27NO4S. The molecule has 1 saturated heterocycles.